The summed E-state index contributed by atoms with van der Waals surface area (Å²) in [6.45, 7) is 1.41. The van der Waals surface area contributed by atoms with Gasteiger partial charge in [-0.3, -0.25) is 10.1 Å². The van der Waals surface area contributed by atoms with Gasteiger partial charge in [0, 0.05) is 67.7 Å². The van der Waals surface area contributed by atoms with E-state index in [9.17, 15) is 14.5 Å². The zero-order valence-corrected chi connectivity index (χ0v) is 21.0. The number of nitrogens with zero attached hydrogens (tertiary/aromatic N) is 6. The second kappa shape index (κ2) is 9.51. The number of halogens is 1. The summed E-state index contributed by atoms with van der Waals surface area (Å²) in [5.41, 5.74) is 3.87. The lowest BCUT2D eigenvalue weighted by molar-refractivity contribution is -0.384. The summed E-state index contributed by atoms with van der Waals surface area (Å²) in [4.78, 5) is 27.8. The molecule has 3 heterocycles. The number of nitro benzene ring substituents is 1. The highest BCUT2D eigenvalue weighted by molar-refractivity contribution is 6.02. The lowest BCUT2D eigenvalue weighted by Crippen LogP contribution is -2.28. The molecule has 10 nitrogen and oxygen atoms in total. The van der Waals surface area contributed by atoms with E-state index in [2.05, 4.69) is 15.3 Å². The Morgan fingerprint density at radius 2 is 1.89 bits per heavy atom. The van der Waals surface area contributed by atoms with Gasteiger partial charge in [0.15, 0.2) is 0 Å². The van der Waals surface area contributed by atoms with Crippen LogP contribution in [0.4, 0.5) is 27.4 Å². The number of likely N-dealkylation sites (N-methyl/N-ethyl adjacent to an activating group) is 2. The van der Waals surface area contributed by atoms with Crippen molar-refractivity contribution in [2.45, 2.75) is 0 Å². The second-order valence-electron chi connectivity index (χ2n) is 9.26. The number of aromatic nitrogens is 4. The van der Waals surface area contributed by atoms with E-state index in [0.717, 1.165) is 28.4 Å². The molecule has 2 N–H and O–H groups in total. The van der Waals surface area contributed by atoms with Crippen molar-refractivity contribution in [1.82, 2.24) is 24.4 Å². The van der Waals surface area contributed by atoms with Crippen molar-refractivity contribution < 1.29 is 9.31 Å². The number of fused-ring (bicyclic) bond motifs is 2. The number of anilines is 3. The number of hydrogen-bond donors (Lipinski definition) is 2. The van der Waals surface area contributed by atoms with Crippen molar-refractivity contribution in [1.29, 1.82) is 0 Å². The van der Waals surface area contributed by atoms with Crippen LogP contribution in [0, 0.1) is 15.9 Å². The molecule has 0 unspecified atom stereocenters. The molecule has 0 saturated heterocycles. The van der Waals surface area contributed by atoms with Crippen LogP contribution in [0.25, 0.3) is 33.2 Å². The predicted octanol–water partition coefficient (Wildman–Crippen LogP) is 4.91. The van der Waals surface area contributed by atoms with Gasteiger partial charge < -0.3 is 24.7 Å². The van der Waals surface area contributed by atoms with Gasteiger partial charge in [-0.25, -0.2) is 9.37 Å². The standard InChI is InChI=1S/C26H27FN8O2/c1-32(2)11-12-33(3)21-8-6-17(14-23(21)35(36)37)29-26-30-24(19-9-10-28-25(19)31-26)20-15-34(4)22-13-16(27)5-7-18(20)22/h5-10,13-15H,11-12H2,1-4H3,(H2,28,29,30,31). The van der Waals surface area contributed by atoms with Crippen LogP contribution in [0.5, 0.6) is 0 Å². The lowest BCUT2D eigenvalue weighted by Gasteiger charge is -2.21. The van der Waals surface area contributed by atoms with Crippen LogP contribution in [0.3, 0.4) is 0 Å². The Bertz CT molecular complexity index is 1620. The van der Waals surface area contributed by atoms with Crippen LogP contribution in [0.2, 0.25) is 0 Å². The Balaban J connectivity index is 1.54. The van der Waals surface area contributed by atoms with Gasteiger partial charge in [-0.1, -0.05) is 0 Å². The highest BCUT2D eigenvalue weighted by Gasteiger charge is 2.20. The van der Waals surface area contributed by atoms with Crippen LogP contribution < -0.4 is 10.2 Å². The van der Waals surface area contributed by atoms with E-state index in [0.29, 0.717) is 29.3 Å². The van der Waals surface area contributed by atoms with E-state index in [1.807, 2.05) is 54.8 Å². The molecule has 5 rings (SSSR count). The number of hydrogen-bond acceptors (Lipinski definition) is 7. The van der Waals surface area contributed by atoms with E-state index < -0.39 is 0 Å². The molecule has 190 valence electrons. The average Bonchev–Trinajstić information content (AvgIpc) is 3.46. The number of aryl methyl sites for hydroxylation is 1. The first-order valence-corrected chi connectivity index (χ1v) is 11.7. The molecule has 0 atom stereocenters. The normalized spacial score (nSPS) is 11.5. The largest absolute Gasteiger partial charge is 0.368 e. The fourth-order valence-corrected chi connectivity index (χ4v) is 4.42. The Morgan fingerprint density at radius 3 is 2.65 bits per heavy atom. The molecule has 37 heavy (non-hydrogen) atoms. The van der Waals surface area contributed by atoms with Crippen molar-refractivity contribution >= 4 is 44.9 Å². The second-order valence-corrected chi connectivity index (χ2v) is 9.26. The van der Waals surface area contributed by atoms with Crippen molar-refractivity contribution in [3.05, 3.63) is 70.8 Å². The van der Waals surface area contributed by atoms with E-state index in [4.69, 9.17) is 4.98 Å². The summed E-state index contributed by atoms with van der Waals surface area (Å²) in [5, 5.41) is 16.7. The van der Waals surface area contributed by atoms with Gasteiger partial charge in [0.25, 0.3) is 5.69 Å². The number of benzene rings is 2. The number of rotatable bonds is 8. The highest BCUT2D eigenvalue weighted by Crippen LogP contribution is 2.35. The fourth-order valence-electron chi connectivity index (χ4n) is 4.42. The topological polar surface area (TPSA) is 108 Å². The zero-order chi connectivity index (χ0) is 26.3. The predicted molar refractivity (Wildman–Crippen MR) is 144 cm³/mol. The quantitative estimate of drug-likeness (QED) is 0.229. The molecule has 0 saturated carbocycles. The van der Waals surface area contributed by atoms with Crippen LogP contribution in [-0.4, -0.2) is 63.6 Å². The summed E-state index contributed by atoms with van der Waals surface area (Å²) in [5.74, 6) is -0.0263. The first-order valence-electron chi connectivity index (χ1n) is 11.7. The van der Waals surface area contributed by atoms with Gasteiger partial charge in [0.05, 0.1) is 16.1 Å². The van der Waals surface area contributed by atoms with Gasteiger partial charge in [-0.15, -0.1) is 0 Å². The maximum atomic E-state index is 13.9. The van der Waals surface area contributed by atoms with Crippen LogP contribution in [0.15, 0.2) is 54.9 Å². The first kappa shape index (κ1) is 24.2. The van der Waals surface area contributed by atoms with Crippen LogP contribution in [-0.2, 0) is 7.05 Å². The first-order chi connectivity index (χ1) is 17.7. The van der Waals surface area contributed by atoms with E-state index in [1.54, 1.807) is 24.4 Å². The Kier molecular flexibility index (Phi) is 6.22. The monoisotopic (exact) mass is 502 g/mol. The lowest BCUT2D eigenvalue weighted by atomic mass is 10.1. The average molecular weight is 503 g/mol. The molecule has 0 fully saturated rings. The SMILES string of the molecule is CN(C)CCN(C)c1ccc(Nc2nc(-c3cn(C)c4cc(F)ccc34)c3cc[nH]c3n2)cc1[N+](=O)[O-]. The minimum absolute atomic E-state index is 0.0106. The van der Waals surface area contributed by atoms with Gasteiger partial charge in [-0.2, -0.15) is 4.98 Å². The smallest absolute Gasteiger partial charge is 0.294 e. The van der Waals surface area contributed by atoms with Crippen LogP contribution in [0.1, 0.15) is 0 Å². The molecule has 0 aliphatic rings. The van der Waals surface area contributed by atoms with Crippen molar-refractivity contribution in [3.63, 3.8) is 0 Å². The highest BCUT2D eigenvalue weighted by atomic mass is 19.1. The van der Waals surface area contributed by atoms with Gasteiger partial charge >= 0.3 is 0 Å². The zero-order valence-electron chi connectivity index (χ0n) is 21.0. The van der Waals surface area contributed by atoms with Gasteiger partial charge in [0.2, 0.25) is 5.95 Å². The summed E-state index contributed by atoms with van der Waals surface area (Å²) >= 11 is 0. The Morgan fingerprint density at radius 1 is 1.08 bits per heavy atom. The summed E-state index contributed by atoms with van der Waals surface area (Å²) < 4.78 is 15.7. The van der Waals surface area contributed by atoms with Crippen molar-refractivity contribution in [2.75, 3.05) is 44.4 Å². The van der Waals surface area contributed by atoms with Gasteiger partial charge in [-0.05, 0) is 50.5 Å². The minimum atomic E-state index is -0.387. The third-order valence-corrected chi connectivity index (χ3v) is 6.35. The molecule has 11 heteroatoms. The Hall–Kier alpha value is -4.51. The van der Waals surface area contributed by atoms with E-state index >= 15 is 0 Å². The molecule has 0 aliphatic heterocycles. The van der Waals surface area contributed by atoms with Gasteiger partial charge in [0.1, 0.15) is 17.2 Å². The molecule has 2 aromatic carbocycles. The molecule has 0 amide bonds. The van der Waals surface area contributed by atoms with Crippen LogP contribution >= 0.6 is 0 Å². The molecule has 0 radical (unpaired) electrons. The number of aromatic amines is 1. The summed E-state index contributed by atoms with van der Waals surface area (Å²) in [6.07, 6.45) is 3.69. The molecular weight excluding hydrogens is 475 g/mol. The summed E-state index contributed by atoms with van der Waals surface area (Å²) in [6, 6.07) is 11.5. The molecule has 0 aliphatic carbocycles. The molecule has 5 aromatic rings. The summed E-state index contributed by atoms with van der Waals surface area (Å²) in [7, 11) is 7.61. The third kappa shape index (κ3) is 4.68. The number of nitro groups is 1. The number of nitrogens with one attached hydrogen (secondary N) is 2. The molecule has 3 aromatic heterocycles. The molecular formula is C26H27FN8O2. The third-order valence-electron chi connectivity index (χ3n) is 6.35. The maximum absolute atomic E-state index is 13.9. The fraction of sp³-hybridized carbons (Fsp3) is 0.231. The van der Waals surface area contributed by atoms with E-state index in [-0.39, 0.29) is 22.4 Å². The number of H-pyrrole nitrogens is 1. The van der Waals surface area contributed by atoms with Crippen molar-refractivity contribution in [2.24, 2.45) is 7.05 Å². The Labute approximate surface area is 212 Å². The maximum Gasteiger partial charge on any atom is 0.294 e. The molecule has 0 spiro atoms. The van der Waals surface area contributed by atoms with E-state index in [1.165, 1.54) is 18.2 Å². The molecule has 0 bridgehead atoms. The van der Waals surface area contributed by atoms with Crippen molar-refractivity contribution in [3.8, 4) is 11.3 Å². The minimum Gasteiger partial charge on any atom is -0.368 e.